The van der Waals surface area contributed by atoms with Crippen molar-refractivity contribution >= 4 is 22.5 Å². The molecule has 134 valence electrons. The Labute approximate surface area is 146 Å². The van der Waals surface area contributed by atoms with Gasteiger partial charge in [-0.15, -0.1) is 0 Å². The fourth-order valence-electron chi connectivity index (χ4n) is 2.65. The summed E-state index contributed by atoms with van der Waals surface area (Å²) in [6, 6.07) is 11.2. The van der Waals surface area contributed by atoms with Crippen LogP contribution in [0.3, 0.4) is 0 Å². The predicted molar refractivity (Wildman–Crippen MR) is 91.1 cm³/mol. The van der Waals surface area contributed by atoms with E-state index in [9.17, 15) is 22.8 Å². The van der Waals surface area contributed by atoms with Gasteiger partial charge in [-0.25, -0.2) is 0 Å². The first-order chi connectivity index (χ1) is 12.3. The molecule has 0 spiro atoms. The molecule has 0 fully saturated rings. The zero-order valence-electron chi connectivity index (χ0n) is 13.7. The maximum atomic E-state index is 13.1. The SMILES string of the molecule is CCn1nc(C(=O)Nc2ccccc2C(F)(F)F)c(=O)c2ccccc21. The van der Waals surface area contributed by atoms with Crippen molar-refractivity contribution in [1.82, 2.24) is 9.78 Å². The molecule has 0 aliphatic rings. The molecule has 3 aromatic rings. The lowest BCUT2D eigenvalue weighted by Crippen LogP contribution is -2.27. The molecule has 0 saturated carbocycles. The van der Waals surface area contributed by atoms with E-state index in [2.05, 4.69) is 10.4 Å². The number of hydrogen-bond donors (Lipinski definition) is 1. The number of nitrogens with zero attached hydrogens (tertiary/aromatic N) is 2. The third-order valence-corrected chi connectivity index (χ3v) is 3.86. The number of carbonyl (C=O) groups is 1. The highest BCUT2D eigenvalue weighted by Crippen LogP contribution is 2.34. The van der Waals surface area contributed by atoms with Gasteiger partial charge >= 0.3 is 6.18 Å². The lowest BCUT2D eigenvalue weighted by atomic mass is 10.1. The molecule has 1 heterocycles. The molecule has 1 aromatic heterocycles. The highest BCUT2D eigenvalue weighted by molar-refractivity contribution is 6.04. The zero-order chi connectivity index (χ0) is 18.9. The molecule has 1 N–H and O–H groups in total. The number of fused-ring (bicyclic) bond motifs is 1. The van der Waals surface area contributed by atoms with E-state index in [1.807, 2.05) is 0 Å². The van der Waals surface area contributed by atoms with Crippen LogP contribution in [0.5, 0.6) is 0 Å². The summed E-state index contributed by atoms with van der Waals surface area (Å²) in [6.07, 6.45) is -4.63. The number of aromatic nitrogens is 2. The average Bonchev–Trinajstić information content (AvgIpc) is 2.62. The second-order valence-corrected chi connectivity index (χ2v) is 5.51. The highest BCUT2D eigenvalue weighted by atomic mass is 19.4. The van der Waals surface area contributed by atoms with Crippen LogP contribution >= 0.6 is 0 Å². The van der Waals surface area contributed by atoms with Crippen LogP contribution in [0.4, 0.5) is 18.9 Å². The fourth-order valence-corrected chi connectivity index (χ4v) is 2.65. The molecule has 3 rings (SSSR count). The number of carbonyl (C=O) groups excluding carboxylic acids is 1. The molecule has 0 aliphatic heterocycles. The Morgan fingerprint density at radius 1 is 1.12 bits per heavy atom. The standard InChI is InChI=1S/C18H14F3N3O2/c1-2-24-14-10-6-3-7-11(14)16(25)15(23-24)17(26)22-13-9-5-4-8-12(13)18(19,20)21/h3-10H,2H2,1H3,(H,22,26). The van der Waals surface area contributed by atoms with Crippen LogP contribution in [0.15, 0.2) is 53.3 Å². The Morgan fingerprint density at radius 2 is 1.77 bits per heavy atom. The van der Waals surface area contributed by atoms with E-state index < -0.39 is 34.5 Å². The van der Waals surface area contributed by atoms with Crippen LogP contribution in [-0.2, 0) is 12.7 Å². The van der Waals surface area contributed by atoms with Gasteiger partial charge in [-0.05, 0) is 31.2 Å². The van der Waals surface area contributed by atoms with E-state index >= 15 is 0 Å². The first-order valence-electron chi connectivity index (χ1n) is 7.80. The summed E-state index contributed by atoms with van der Waals surface area (Å²) in [7, 11) is 0. The van der Waals surface area contributed by atoms with Crippen LogP contribution in [0.2, 0.25) is 0 Å². The van der Waals surface area contributed by atoms with E-state index in [-0.39, 0.29) is 5.39 Å². The Balaban J connectivity index is 2.08. The van der Waals surface area contributed by atoms with Gasteiger partial charge in [-0.1, -0.05) is 24.3 Å². The van der Waals surface area contributed by atoms with Gasteiger partial charge in [0.2, 0.25) is 5.43 Å². The molecule has 0 saturated heterocycles. The molecule has 0 radical (unpaired) electrons. The van der Waals surface area contributed by atoms with E-state index in [0.29, 0.717) is 12.1 Å². The summed E-state index contributed by atoms with van der Waals surface area (Å²) in [5.41, 5.74) is -1.96. The minimum absolute atomic E-state index is 0.276. The average molecular weight is 361 g/mol. The number of para-hydroxylation sites is 2. The molecule has 0 bridgehead atoms. The monoisotopic (exact) mass is 361 g/mol. The molecule has 8 heteroatoms. The van der Waals surface area contributed by atoms with Crippen LogP contribution in [-0.4, -0.2) is 15.7 Å². The fraction of sp³-hybridized carbons (Fsp3) is 0.167. The molecule has 5 nitrogen and oxygen atoms in total. The smallest absolute Gasteiger partial charge is 0.320 e. The van der Waals surface area contributed by atoms with Gasteiger partial charge in [0.25, 0.3) is 5.91 Å². The van der Waals surface area contributed by atoms with Crippen LogP contribution in [0.25, 0.3) is 10.9 Å². The number of benzene rings is 2. The van der Waals surface area contributed by atoms with Crippen molar-refractivity contribution in [3.05, 3.63) is 70.0 Å². The van der Waals surface area contributed by atoms with Gasteiger partial charge in [0.1, 0.15) is 0 Å². The lowest BCUT2D eigenvalue weighted by Gasteiger charge is -2.14. The minimum atomic E-state index is -4.63. The molecule has 0 atom stereocenters. The van der Waals surface area contributed by atoms with Crippen molar-refractivity contribution in [3.8, 4) is 0 Å². The molecular formula is C18H14F3N3O2. The summed E-state index contributed by atoms with van der Waals surface area (Å²) in [5.74, 6) is -0.986. The third-order valence-electron chi connectivity index (χ3n) is 3.86. The number of halogens is 3. The van der Waals surface area contributed by atoms with Gasteiger partial charge in [-0.2, -0.15) is 18.3 Å². The highest BCUT2D eigenvalue weighted by Gasteiger charge is 2.34. The molecule has 1 amide bonds. The summed E-state index contributed by atoms with van der Waals surface area (Å²) in [5, 5.41) is 6.45. The maximum absolute atomic E-state index is 13.1. The second kappa shape index (κ2) is 6.62. The Kier molecular flexibility index (Phi) is 4.50. The molecule has 0 aliphatic carbocycles. The second-order valence-electron chi connectivity index (χ2n) is 5.51. The van der Waals surface area contributed by atoms with Gasteiger partial charge < -0.3 is 5.32 Å². The molecule has 26 heavy (non-hydrogen) atoms. The molecule has 0 unspecified atom stereocenters. The van der Waals surface area contributed by atoms with Crippen molar-refractivity contribution in [3.63, 3.8) is 0 Å². The van der Waals surface area contributed by atoms with Crippen LogP contribution in [0.1, 0.15) is 23.0 Å². The molecule has 2 aromatic carbocycles. The van der Waals surface area contributed by atoms with Crippen molar-refractivity contribution < 1.29 is 18.0 Å². The van der Waals surface area contributed by atoms with Gasteiger partial charge in [0, 0.05) is 11.9 Å². The zero-order valence-corrected chi connectivity index (χ0v) is 13.7. The van der Waals surface area contributed by atoms with E-state index in [1.165, 1.54) is 16.8 Å². The number of alkyl halides is 3. The quantitative estimate of drug-likeness (QED) is 0.774. The lowest BCUT2D eigenvalue weighted by molar-refractivity contribution is -0.136. The number of rotatable bonds is 3. The van der Waals surface area contributed by atoms with E-state index in [4.69, 9.17) is 0 Å². The third kappa shape index (κ3) is 3.17. The Hall–Kier alpha value is -3.16. The van der Waals surface area contributed by atoms with Crippen molar-refractivity contribution in [2.24, 2.45) is 0 Å². The van der Waals surface area contributed by atoms with Gasteiger partial charge in [-0.3, -0.25) is 14.3 Å². The first-order valence-corrected chi connectivity index (χ1v) is 7.80. The largest absolute Gasteiger partial charge is 0.418 e. The minimum Gasteiger partial charge on any atom is -0.320 e. The Bertz CT molecular complexity index is 1040. The van der Waals surface area contributed by atoms with Gasteiger partial charge in [0.15, 0.2) is 5.69 Å². The number of aryl methyl sites for hydroxylation is 1. The number of nitrogens with one attached hydrogen (secondary N) is 1. The number of hydrogen-bond acceptors (Lipinski definition) is 3. The summed E-state index contributed by atoms with van der Waals surface area (Å²) in [4.78, 5) is 25.0. The van der Waals surface area contributed by atoms with Crippen LogP contribution in [0, 0.1) is 0 Å². The summed E-state index contributed by atoms with van der Waals surface area (Å²) in [6.45, 7) is 2.17. The maximum Gasteiger partial charge on any atom is 0.418 e. The van der Waals surface area contributed by atoms with Crippen LogP contribution < -0.4 is 10.7 Å². The first kappa shape index (κ1) is 17.7. The van der Waals surface area contributed by atoms with Crippen molar-refractivity contribution in [2.45, 2.75) is 19.6 Å². The van der Waals surface area contributed by atoms with E-state index in [1.54, 1.807) is 31.2 Å². The number of anilines is 1. The predicted octanol–water partition coefficient (Wildman–Crippen LogP) is 3.69. The Morgan fingerprint density at radius 3 is 2.46 bits per heavy atom. The summed E-state index contributed by atoms with van der Waals surface area (Å²) < 4.78 is 40.7. The normalized spacial score (nSPS) is 11.5. The topological polar surface area (TPSA) is 64.0 Å². The molecular weight excluding hydrogens is 347 g/mol. The number of amides is 1. The van der Waals surface area contributed by atoms with Gasteiger partial charge in [0.05, 0.1) is 16.8 Å². The van der Waals surface area contributed by atoms with Crippen molar-refractivity contribution in [1.29, 1.82) is 0 Å². The summed E-state index contributed by atoms with van der Waals surface area (Å²) >= 11 is 0. The van der Waals surface area contributed by atoms with E-state index in [0.717, 1.165) is 12.1 Å². The van der Waals surface area contributed by atoms with Crippen molar-refractivity contribution in [2.75, 3.05) is 5.32 Å².